The zero-order valence-electron chi connectivity index (χ0n) is 23.4. The molecule has 1 heterocycles. The fourth-order valence-corrected chi connectivity index (χ4v) is 4.85. The van der Waals surface area contributed by atoms with E-state index < -0.39 is 23.4 Å². The molecule has 1 aliphatic heterocycles. The van der Waals surface area contributed by atoms with E-state index in [9.17, 15) is 24.9 Å². The van der Waals surface area contributed by atoms with Crippen molar-refractivity contribution in [2.45, 2.75) is 59.8 Å². The first-order valence-corrected chi connectivity index (χ1v) is 13.7. The number of carbonyl (C=O) groups is 2. The highest BCUT2D eigenvalue weighted by Gasteiger charge is 2.35. The topological polar surface area (TPSA) is 143 Å². The van der Waals surface area contributed by atoms with E-state index in [1.54, 1.807) is 12.1 Å². The quantitative estimate of drug-likeness (QED) is 0.126. The molecule has 9 nitrogen and oxygen atoms in total. The summed E-state index contributed by atoms with van der Waals surface area (Å²) >= 11 is 12.2. The van der Waals surface area contributed by atoms with E-state index in [-0.39, 0.29) is 66.6 Å². The summed E-state index contributed by atoms with van der Waals surface area (Å²) < 4.78 is 15.9. The number of carbonyl (C=O) groups excluding carboxylic acids is 2. The number of hydrogen-bond donors (Lipinski definition) is 4. The second-order valence-electron chi connectivity index (χ2n) is 9.54. The summed E-state index contributed by atoms with van der Waals surface area (Å²) in [5, 5.41) is 38.7. The van der Waals surface area contributed by atoms with E-state index in [0.29, 0.717) is 0 Å². The molecular formula is C30H32Cl2O9. The van der Waals surface area contributed by atoms with Gasteiger partial charge in [0.05, 0.1) is 12.1 Å². The fourth-order valence-electron chi connectivity index (χ4n) is 4.39. The van der Waals surface area contributed by atoms with Gasteiger partial charge in [0.2, 0.25) is 0 Å². The van der Waals surface area contributed by atoms with Crippen molar-refractivity contribution in [1.82, 2.24) is 0 Å². The Labute approximate surface area is 247 Å². The lowest BCUT2D eigenvalue weighted by Crippen LogP contribution is -2.11. The second-order valence-corrected chi connectivity index (χ2v) is 10.3. The molecule has 0 bridgehead atoms. The monoisotopic (exact) mass is 606 g/mol. The van der Waals surface area contributed by atoms with E-state index in [2.05, 4.69) is 6.92 Å². The van der Waals surface area contributed by atoms with Gasteiger partial charge in [-0.1, -0.05) is 55.5 Å². The lowest BCUT2D eigenvalue weighted by Gasteiger charge is -2.17. The Kier molecular flexibility index (Phi) is 10.2. The predicted molar refractivity (Wildman–Crippen MR) is 154 cm³/mol. The van der Waals surface area contributed by atoms with Gasteiger partial charge < -0.3 is 34.6 Å². The summed E-state index contributed by atoms with van der Waals surface area (Å²) in [6.45, 7) is 6.61. The summed E-state index contributed by atoms with van der Waals surface area (Å²) in [6, 6.07) is 4.81. The molecule has 0 saturated heterocycles. The minimum absolute atomic E-state index is 0.0131. The first-order valence-electron chi connectivity index (χ1n) is 12.9. The van der Waals surface area contributed by atoms with Gasteiger partial charge >= 0.3 is 11.9 Å². The molecule has 0 atom stereocenters. The van der Waals surface area contributed by atoms with Gasteiger partial charge in [-0.15, -0.1) is 0 Å². The van der Waals surface area contributed by atoms with Crippen LogP contribution in [0.4, 0.5) is 0 Å². The molecule has 0 radical (unpaired) electrons. The maximum atomic E-state index is 12.7. The van der Waals surface area contributed by atoms with E-state index in [1.807, 2.05) is 0 Å². The van der Waals surface area contributed by atoms with Crippen LogP contribution in [0.2, 0.25) is 10.0 Å². The van der Waals surface area contributed by atoms with E-state index in [0.717, 1.165) is 18.4 Å². The molecule has 11 heteroatoms. The summed E-state index contributed by atoms with van der Waals surface area (Å²) in [7, 11) is 1.17. The highest BCUT2D eigenvalue weighted by molar-refractivity contribution is 6.39. The number of fused-ring (bicyclic) bond motifs is 2. The van der Waals surface area contributed by atoms with Crippen molar-refractivity contribution in [2.75, 3.05) is 7.11 Å². The van der Waals surface area contributed by atoms with E-state index in [1.165, 1.54) is 53.2 Å². The van der Waals surface area contributed by atoms with Crippen LogP contribution < -0.4 is 9.47 Å². The Morgan fingerprint density at radius 3 is 2.12 bits per heavy atom. The van der Waals surface area contributed by atoms with Gasteiger partial charge in [0.1, 0.15) is 33.4 Å². The van der Waals surface area contributed by atoms with Crippen LogP contribution in [-0.2, 0) is 11.2 Å². The number of unbranched alkanes of at least 4 members (excludes halogenated alkanes) is 3. The maximum Gasteiger partial charge on any atom is 0.347 e. The highest BCUT2D eigenvalue weighted by atomic mass is 35.5. The van der Waals surface area contributed by atoms with Crippen LogP contribution >= 0.6 is 23.2 Å². The van der Waals surface area contributed by atoms with Gasteiger partial charge in [0.15, 0.2) is 23.0 Å². The van der Waals surface area contributed by atoms with Crippen molar-refractivity contribution in [3.8, 4) is 40.2 Å². The zero-order chi connectivity index (χ0) is 30.6. The zero-order valence-corrected chi connectivity index (χ0v) is 24.9. The van der Waals surface area contributed by atoms with Crippen molar-refractivity contribution in [2.24, 2.45) is 0 Å². The number of rotatable bonds is 6. The molecule has 0 unspecified atom stereocenters. The van der Waals surface area contributed by atoms with Crippen LogP contribution in [0.25, 0.3) is 0 Å². The Bertz CT molecular complexity index is 1500. The van der Waals surface area contributed by atoms with Crippen LogP contribution in [0.3, 0.4) is 0 Å². The van der Waals surface area contributed by atoms with Gasteiger partial charge in [0.25, 0.3) is 0 Å². The van der Waals surface area contributed by atoms with Crippen LogP contribution in [0.5, 0.6) is 40.2 Å². The fraction of sp³-hybridized carbons (Fsp3) is 0.333. The van der Waals surface area contributed by atoms with Gasteiger partial charge in [0, 0.05) is 17.2 Å². The number of phenolic OH excluding ortho intramolecular Hbond substituents is 4. The average molecular weight is 607 g/mol. The van der Waals surface area contributed by atoms with Gasteiger partial charge in [-0.3, -0.25) is 0 Å². The number of esters is 2. The lowest BCUT2D eigenvalue weighted by molar-refractivity contribution is 0.0596. The second kappa shape index (κ2) is 13.2. The predicted octanol–water partition coefficient (Wildman–Crippen LogP) is 7.66. The number of aryl methyl sites for hydroxylation is 1. The molecule has 0 aliphatic carbocycles. The first kappa shape index (κ1) is 31.7. The highest BCUT2D eigenvalue weighted by Crippen LogP contribution is 2.52. The van der Waals surface area contributed by atoms with Gasteiger partial charge in [-0.05, 0) is 50.8 Å². The Morgan fingerprint density at radius 2 is 1.51 bits per heavy atom. The molecule has 41 heavy (non-hydrogen) atoms. The summed E-state index contributed by atoms with van der Waals surface area (Å²) in [4.78, 5) is 24.8. The molecule has 0 aromatic heterocycles. The number of phenols is 4. The van der Waals surface area contributed by atoms with Crippen molar-refractivity contribution in [1.29, 1.82) is 0 Å². The Hall–Kier alpha value is -3.82. The van der Waals surface area contributed by atoms with E-state index >= 15 is 0 Å². The third-order valence-corrected chi connectivity index (χ3v) is 7.58. The molecule has 3 aromatic carbocycles. The molecule has 0 saturated carbocycles. The lowest BCUT2D eigenvalue weighted by atomic mass is 10.0. The maximum absolute atomic E-state index is 12.7. The number of ether oxygens (including phenoxy) is 3. The Balaban J connectivity index is 0.000000278. The molecular weight excluding hydrogens is 575 g/mol. The first-order chi connectivity index (χ1) is 19.3. The van der Waals surface area contributed by atoms with Gasteiger partial charge in [-0.2, -0.15) is 0 Å². The number of benzene rings is 3. The smallest absolute Gasteiger partial charge is 0.347 e. The summed E-state index contributed by atoms with van der Waals surface area (Å²) in [6.07, 6.45) is 5.68. The van der Waals surface area contributed by atoms with Crippen molar-refractivity contribution in [3.63, 3.8) is 0 Å². The summed E-state index contributed by atoms with van der Waals surface area (Å²) in [5.41, 5.74) is 1.19. The number of aromatic hydroxyl groups is 4. The normalized spacial score (nSPS) is 11.7. The molecule has 0 spiro atoms. The third kappa shape index (κ3) is 6.41. The molecule has 4 N–H and O–H groups in total. The number of halogens is 2. The summed E-state index contributed by atoms with van der Waals surface area (Å²) in [5.74, 6) is -2.40. The SMILES string of the molecule is CCCCCCc1ccc(O)cc1O.COC(=O)c1c(C)c2c(c(C)c1O)OC(=O)c1c(C)c(Cl)c(O)c(Cl)c1O2. The molecule has 220 valence electrons. The molecule has 3 aromatic rings. The minimum Gasteiger partial charge on any atom is -0.508 e. The third-order valence-electron chi connectivity index (χ3n) is 6.76. The van der Waals surface area contributed by atoms with Crippen LogP contribution in [0.15, 0.2) is 18.2 Å². The molecule has 0 amide bonds. The number of methoxy groups -OCH3 is 1. The molecule has 1 aliphatic rings. The Morgan fingerprint density at radius 1 is 0.854 bits per heavy atom. The van der Waals surface area contributed by atoms with Crippen molar-refractivity contribution < 1.29 is 44.2 Å². The number of hydrogen-bond acceptors (Lipinski definition) is 9. The van der Waals surface area contributed by atoms with Crippen LogP contribution in [0.1, 0.15) is 75.6 Å². The van der Waals surface area contributed by atoms with Crippen LogP contribution in [0, 0.1) is 20.8 Å². The van der Waals surface area contributed by atoms with E-state index in [4.69, 9.17) is 42.5 Å². The van der Waals surface area contributed by atoms with Crippen molar-refractivity contribution in [3.05, 3.63) is 61.6 Å². The van der Waals surface area contributed by atoms with Crippen molar-refractivity contribution >= 4 is 35.1 Å². The minimum atomic E-state index is -0.835. The van der Waals surface area contributed by atoms with Gasteiger partial charge in [-0.25, -0.2) is 9.59 Å². The standard InChI is InChI=1S/C18H14Cl2O7.C12H18O2/c1-5-9-16(11(20)13(22)10(5)19)26-14-6(2)8(17(23)25-4)12(21)7(3)15(14)27-18(9)24;1-2-3-4-5-6-10-7-8-11(13)9-12(10)14/h21-22H,1-4H3;7-9,13-14H,2-6H2,1H3. The average Bonchev–Trinajstić information content (AvgIpc) is 3.10. The largest absolute Gasteiger partial charge is 0.508 e. The molecule has 4 rings (SSSR count). The molecule has 0 fully saturated rings. The van der Waals surface area contributed by atoms with Crippen LogP contribution in [-0.4, -0.2) is 39.5 Å².